The lowest BCUT2D eigenvalue weighted by Gasteiger charge is -2.28. The number of rotatable bonds is 10. The number of hydrogen-bond acceptors (Lipinski definition) is 2. The monoisotopic (exact) mass is 498 g/mol. The fourth-order valence-electron chi connectivity index (χ4n) is 3.90. The summed E-state index contributed by atoms with van der Waals surface area (Å²) in [5.74, 6) is 0. The predicted molar refractivity (Wildman–Crippen MR) is 131 cm³/mol. The maximum Gasteiger partial charge on any atom is 0.177 e. The summed E-state index contributed by atoms with van der Waals surface area (Å²) in [6.07, 6.45) is 2.79. The first kappa shape index (κ1) is 25.5. The van der Waals surface area contributed by atoms with Crippen LogP contribution >= 0.6 is 7.26 Å². The van der Waals surface area contributed by atoms with Gasteiger partial charge in [0.2, 0.25) is 0 Å². The molecule has 0 radical (unpaired) electrons. The topological polar surface area (TPSA) is 18.5 Å². The van der Waals surface area contributed by atoms with Gasteiger partial charge < -0.3 is 26.5 Å². The Balaban J connectivity index is 0.00000341. The van der Waals surface area contributed by atoms with Crippen LogP contribution in [0.4, 0.5) is 0 Å². The highest BCUT2D eigenvalue weighted by atomic mass is 79.9. The molecule has 0 amide bonds. The molecule has 0 atom stereocenters. The van der Waals surface area contributed by atoms with Gasteiger partial charge in [-0.1, -0.05) is 54.6 Å². The van der Waals surface area contributed by atoms with Crippen molar-refractivity contribution in [2.45, 2.75) is 27.1 Å². The van der Waals surface area contributed by atoms with Gasteiger partial charge in [-0.2, -0.15) is 0 Å². The van der Waals surface area contributed by atoms with Crippen molar-refractivity contribution in [2.75, 3.05) is 19.4 Å². The second kappa shape index (κ2) is 12.9. The lowest BCUT2D eigenvalue weighted by atomic mass is 10.3. The molecule has 3 rings (SSSR count). The Bertz CT molecular complexity index is 811. The number of ether oxygens (including phenoxy) is 2. The van der Waals surface area contributed by atoms with Crippen LogP contribution in [-0.4, -0.2) is 25.7 Å². The Labute approximate surface area is 198 Å². The van der Waals surface area contributed by atoms with Gasteiger partial charge in [0.1, 0.15) is 23.2 Å². The van der Waals surface area contributed by atoms with Gasteiger partial charge in [-0.3, -0.25) is 0 Å². The molecule has 3 aromatic rings. The van der Waals surface area contributed by atoms with Crippen LogP contribution in [0.2, 0.25) is 0 Å². The van der Waals surface area contributed by atoms with E-state index < -0.39 is 7.26 Å². The van der Waals surface area contributed by atoms with E-state index >= 15 is 0 Å². The van der Waals surface area contributed by atoms with Gasteiger partial charge in [-0.05, 0) is 68.8 Å². The minimum Gasteiger partial charge on any atom is -1.00 e. The van der Waals surface area contributed by atoms with Crippen LogP contribution in [0.1, 0.15) is 20.8 Å². The van der Waals surface area contributed by atoms with E-state index in [2.05, 4.69) is 104 Å². The van der Waals surface area contributed by atoms with Gasteiger partial charge in [-0.15, -0.1) is 0 Å². The average Bonchev–Trinajstić information content (AvgIpc) is 2.79. The number of benzene rings is 3. The zero-order chi connectivity index (χ0) is 21.2. The minimum atomic E-state index is -1.88. The number of halogens is 1. The second-order valence-electron chi connectivity index (χ2n) is 7.27. The van der Waals surface area contributed by atoms with Crippen molar-refractivity contribution in [1.29, 1.82) is 0 Å². The molecule has 0 aromatic heterocycles. The van der Waals surface area contributed by atoms with E-state index in [1.165, 1.54) is 21.5 Å². The summed E-state index contributed by atoms with van der Waals surface area (Å²) < 4.78 is 11.6. The van der Waals surface area contributed by atoms with Crippen molar-refractivity contribution in [1.82, 2.24) is 0 Å². The molecular formula is C27H32BrO2P. The molecular weight excluding hydrogens is 467 g/mol. The van der Waals surface area contributed by atoms with E-state index in [1.54, 1.807) is 0 Å². The third-order valence-electron chi connectivity index (χ3n) is 5.16. The maximum atomic E-state index is 5.80. The summed E-state index contributed by atoms with van der Waals surface area (Å²) in [5, 5.41) is 4.17. The van der Waals surface area contributed by atoms with E-state index in [-0.39, 0.29) is 23.3 Å². The molecule has 0 N–H and O–H groups in total. The molecule has 31 heavy (non-hydrogen) atoms. The van der Waals surface area contributed by atoms with Crippen molar-refractivity contribution in [3.63, 3.8) is 0 Å². The smallest absolute Gasteiger partial charge is 0.177 e. The van der Waals surface area contributed by atoms with Crippen LogP contribution in [-0.2, 0) is 9.47 Å². The molecule has 0 spiro atoms. The molecule has 0 saturated heterocycles. The highest BCUT2D eigenvalue weighted by Crippen LogP contribution is 2.56. The van der Waals surface area contributed by atoms with Gasteiger partial charge >= 0.3 is 0 Å². The lowest BCUT2D eigenvalue weighted by Crippen LogP contribution is -3.00. The lowest BCUT2D eigenvalue weighted by molar-refractivity contribution is -0.104. The second-order valence-corrected chi connectivity index (χ2v) is 10.8. The molecule has 2 nitrogen and oxygen atoms in total. The molecule has 0 aliphatic heterocycles. The van der Waals surface area contributed by atoms with Crippen molar-refractivity contribution >= 4 is 23.2 Å². The van der Waals surface area contributed by atoms with Crippen molar-refractivity contribution in [2.24, 2.45) is 0 Å². The fourth-order valence-corrected chi connectivity index (χ4v) is 8.24. The highest BCUT2D eigenvalue weighted by Gasteiger charge is 2.45. The van der Waals surface area contributed by atoms with Crippen molar-refractivity contribution < 1.29 is 26.5 Å². The molecule has 3 aromatic carbocycles. The Morgan fingerprint density at radius 1 is 0.710 bits per heavy atom. The summed E-state index contributed by atoms with van der Waals surface area (Å²) in [5.41, 5.74) is 1.28. The molecule has 0 bridgehead atoms. The van der Waals surface area contributed by atoms with E-state index in [9.17, 15) is 0 Å². The van der Waals surface area contributed by atoms with Crippen LogP contribution in [0.15, 0.2) is 103 Å². The third kappa shape index (κ3) is 6.37. The fraction of sp³-hybridized carbons (Fsp3) is 0.259. The van der Waals surface area contributed by atoms with Gasteiger partial charge in [0.05, 0.1) is 6.16 Å². The normalized spacial score (nSPS) is 11.9. The predicted octanol–water partition coefficient (Wildman–Crippen LogP) is 2.33. The molecule has 0 aliphatic carbocycles. The third-order valence-corrected chi connectivity index (χ3v) is 9.67. The summed E-state index contributed by atoms with van der Waals surface area (Å²) in [4.78, 5) is 0. The molecule has 0 fully saturated rings. The quantitative estimate of drug-likeness (QED) is 0.242. The summed E-state index contributed by atoms with van der Waals surface area (Å²) in [6.45, 7) is 7.47. The number of allylic oxidation sites excluding steroid dienone is 1. The molecule has 164 valence electrons. The Morgan fingerprint density at radius 3 is 1.39 bits per heavy atom. The molecule has 0 aliphatic rings. The van der Waals surface area contributed by atoms with Gasteiger partial charge in [0, 0.05) is 13.2 Å². The van der Waals surface area contributed by atoms with Crippen molar-refractivity contribution in [3.8, 4) is 0 Å². The Hall–Kier alpha value is -1.77. The maximum absolute atomic E-state index is 5.80. The van der Waals surface area contributed by atoms with Gasteiger partial charge in [0.15, 0.2) is 6.29 Å². The summed E-state index contributed by atoms with van der Waals surface area (Å²) in [6, 6.07) is 32.9. The van der Waals surface area contributed by atoms with E-state index in [0.29, 0.717) is 13.2 Å². The molecule has 0 unspecified atom stereocenters. The van der Waals surface area contributed by atoms with Crippen LogP contribution in [0.3, 0.4) is 0 Å². The van der Waals surface area contributed by atoms with Gasteiger partial charge in [0.25, 0.3) is 0 Å². The Kier molecular flexibility index (Phi) is 10.6. The van der Waals surface area contributed by atoms with Crippen LogP contribution in [0, 0.1) is 0 Å². The van der Waals surface area contributed by atoms with Crippen LogP contribution < -0.4 is 32.9 Å². The van der Waals surface area contributed by atoms with Crippen LogP contribution in [0.25, 0.3) is 0 Å². The minimum absolute atomic E-state index is 0. The first-order valence-corrected chi connectivity index (χ1v) is 12.6. The molecule has 0 saturated carbocycles. The van der Waals surface area contributed by atoms with Gasteiger partial charge in [-0.25, -0.2) is 0 Å². The average molecular weight is 499 g/mol. The van der Waals surface area contributed by atoms with E-state index in [4.69, 9.17) is 9.47 Å². The van der Waals surface area contributed by atoms with E-state index in [1.807, 2.05) is 13.8 Å². The van der Waals surface area contributed by atoms with Crippen LogP contribution in [0.5, 0.6) is 0 Å². The van der Waals surface area contributed by atoms with E-state index in [0.717, 1.165) is 6.16 Å². The van der Waals surface area contributed by atoms with Crippen molar-refractivity contribution in [3.05, 3.63) is 103 Å². The standard InChI is InChI=1S/C27H32O2P.BrH/c1-4-28-27(29-5-2)21-23(3)22-30(24-15-9-6-10-16-24,25-17-11-7-12-18-25)26-19-13-8-14-20-26;/h6-21,27H,4-5,22H2,1-3H3;1H/q+1;/p-1/b23-21+;. The largest absolute Gasteiger partial charge is 1.00 e. The zero-order valence-corrected chi connectivity index (χ0v) is 21.1. The zero-order valence-electron chi connectivity index (χ0n) is 18.6. The SMILES string of the molecule is CCOC(/C=C(\C)C[P+](c1ccccc1)(c1ccccc1)c1ccccc1)OCC.[Br-]. The first-order valence-electron chi connectivity index (χ1n) is 10.7. The highest BCUT2D eigenvalue weighted by molar-refractivity contribution is 7.95. The summed E-state index contributed by atoms with van der Waals surface area (Å²) in [7, 11) is -1.88. The summed E-state index contributed by atoms with van der Waals surface area (Å²) >= 11 is 0. The molecule has 0 heterocycles. The number of hydrogen-bond donors (Lipinski definition) is 0. The first-order chi connectivity index (χ1) is 14.7. The molecule has 4 heteroatoms. The Morgan fingerprint density at radius 2 is 1.06 bits per heavy atom.